The Balaban J connectivity index is 3.69. The number of amides is 2. The number of carbonyl (C=O) groups is 2. The van der Waals surface area contributed by atoms with Gasteiger partial charge in [-0.05, 0) is 19.8 Å². The van der Waals surface area contributed by atoms with Crippen LogP contribution >= 0.6 is 0 Å². The molecule has 2 amide bonds. The van der Waals surface area contributed by atoms with Crippen LogP contribution in [0, 0.1) is 0 Å². The molecule has 0 spiro atoms. The van der Waals surface area contributed by atoms with Gasteiger partial charge in [-0.15, -0.1) is 0 Å². The first-order chi connectivity index (χ1) is 7.40. The van der Waals surface area contributed by atoms with E-state index in [-0.39, 0.29) is 11.8 Å². The van der Waals surface area contributed by atoms with E-state index in [0.717, 1.165) is 6.42 Å². The van der Waals surface area contributed by atoms with Crippen LogP contribution in [0.15, 0.2) is 0 Å². The number of carbonyl (C=O) groups excluding carboxylic acids is 2. The number of nitrogens with two attached hydrogens (primary N) is 1. The molecule has 4 N–H and O–H groups in total. The molecule has 94 valence electrons. The molecule has 0 aliphatic rings. The van der Waals surface area contributed by atoms with Gasteiger partial charge >= 0.3 is 0 Å². The molecule has 0 aromatic rings. The third-order valence-electron chi connectivity index (χ3n) is 2.30. The number of nitrogens with one attached hydrogen (secondary N) is 2. The maximum absolute atomic E-state index is 11.6. The van der Waals surface area contributed by atoms with Gasteiger partial charge < -0.3 is 16.4 Å². The van der Waals surface area contributed by atoms with E-state index in [2.05, 4.69) is 10.6 Å². The molecule has 0 saturated carbocycles. The summed E-state index contributed by atoms with van der Waals surface area (Å²) in [6.07, 6.45) is 2.27. The highest BCUT2D eigenvalue weighted by molar-refractivity contribution is 5.85. The Hall–Kier alpha value is -1.10. The summed E-state index contributed by atoms with van der Waals surface area (Å²) in [4.78, 5) is 22.2. The zero-order valence-corrected chi connectivity index (χ0v) is 10.4. The molecule has 0 radical (unpaired) electrons. The highest BCUT2D eigenvalue weighted by Gasteiger charge is 2.26. The fraction of sp³-hybridized carbons (Fsp3) is 0.818. The van der Waals surface area contributed by atoms with E-state index in [1.807, 2.05) is 6.92 Å². The maximum Gasteiger partial charge on any atom is 0.239 e. The zero-order chi connectivity index (χ0) is 12.6. The minimum Gasteiger partial charge on any atom is -0.356 e. The van der Waals surface area contributed by atoms with Crippen molar-refractivity contribution >= 4 is 11.8 Å². The van der Waals surface area contributed by atoms with Crippen molar-refractivity contribution in [2.24, 2.45) is 5.73 Å². The first-order valence-electron chi connectivity index (χ1n) is 5.71. The van der Waals surface area contributed by atoms with E-state index in [9.17, 15) is 9.59 Å². The lowest BCUT2D eigenvalue weighted by Crippen LogP contribution is -2.51. The van der Waals surface area contributed by atoms with E-state index in [1.165, 1.54) is 6.92 Å². The van der Waals surface area contributed by atoms with Crippen molar-refractivity contribution in [3.8, 4) is 0 Å². The summed E-state index contributed by atoms with van der Waals surface area (Å²) in [5.74, 6) is -0.182. The van der Waals surface area contributed by atoms with Crippen molar-refractivity contribution in [1.29, 1.82) is 0 Å². The minimum absolute atomic E-state index is 0.0547. The molecule has 0 saturated heterocycles. The van der Waals surface area contributed by atoms with Gasteiger partial charge in [-0.1, -0.05) is 13.3 Å². The van der Waals surface area contributed by atoms with Crippen LogP contribution in [-0.2, 0) is 9.59 Å². The molecule has 0 aliphatic heterocycles. The molecule has 0 rings (SSSR count). The van der Waals surface area contributed by atoms with Crippen LogP contribution in [0.25, 0.3) is 0 Å². The molecule has 0 fully saturated rings. The number of hydrogen-bond acceptors (Lipinski definition) is 3. The van der Waals surface area contributed by atoms with Crippen LogP contribution in [-0.4, -0.2) is 30.4 Å². The third kappa shape index (κ3) is 6.40. The summed E-state index contributed by atoms with van der Waals surface area (Å²) < 4.78 is 0. The van der Waals surface area contributed by atoms with Gasteiger partial charge in [0.2, 0.25) is 11.8 Å². The molecule has 0 heterocycles. The first-order valence-corrected chi connectivity index (χ1v) is 5.71. The largest absolute Gasteiger partial charge is 0.356 e. The van der Waals surface area contributed by atoms with Gasteiger partial charge in [0.25, 0.3) is 0 Å². The first kappa shape index (κ1) is 14.9. The topological polar surface area (TPSA) is 84.2 Å². The summed E-state index contributed by atoms with van der Waals surface area (Å²) in [6.45, 7) is 6.31. The van der Waals surface area contributed by atoms with Crippen molar-refractivity contribution in [2.75, 3.05) is 13.1 Å². The van der Waals surface area contributed by atoms with Crippen LogP contribution < -0.4 is 16.4 Å². The Morgan fingerprint density at radius 2 is 1.81 bits per heavy atom. The van der Waals surface area contributed by atoms with Gasteiger partial charge in [0.15, 0.2) is 0 Å². The van der Waals surface area contributed by atoms with Gasteiger partial charge in [0.05, 0.1) is 5.54 Å². The van der Waals surface area contributed by atoms with Crippen LogP contribution in [0.3, 0.4) is 0 Å². The average molecular weight is 229 g/mol. The second kappa shape index (κ2) is 7.22. The maximum atomic E-state index is 11.6. The second-order valence-corrected chi connectivity index (χ2v) is 4.26. The van der Waals surface area contributed by atoms with Crippen molar-refractivity contribution in [3.05, 3.63) is 0 Å². The molecule has 0 aromatic heterocycles. The van der Waals surface area contributed by atoms with Crippen LogP contribution in [0.1, 0.15) is 40.0 Å². The Morgan fingerprint density at radius 1 is 1.25 bits per heavy atom. The summed E-state index contributed by atoms with van der Waals surface area (Å²) >= 11 is 0. The average Bonchev–Trinajstić information content (AvgIpc) is 2.16. The standard InChI is InChI=1S/C11H23N3O2/c1-4-6-11(3,12)10(16)14-8-5-7-13-9(2)15/h4-8,12H2,1-3H3,(H,13,15)(H,14,16). The predicted octanol–water partition coefficient (Wildman–Crippen LogP) is 0.146. The Kier molecular flexibility index (Phi) is 6.72. The molecule has 1 unspecified atom stereocenters. The third-order valence-corrected chi connectivity index (χ3v) is 2.30. The van der Waals surface area contributed by atoms with Crippen LogP contribution in [0.5, 0.6) is 0 Å². The molecule has 0 aliphatic carbocycles. The van der Waals surface area contributed by atoms with Crippen molar-refractivity contribution in [3.63, 3.8) is 0 Å². The molecule has 0 bridgehead atoms. The van der Waals surface area contributed by atoms with Gasteiger partial charge in [-0.25, -0.2) is 0 Å². The number of hydrogen-bond donors (Lipinski definition) is 3. The second-order valence-electron chi connectivity index (χ2n) is 4.26. The van der Waals surface area contributed by atoms with Gasteiger partial charge in [-0.3, -0.25) is 9.59 Å². The van der Waals surface area contributed by atoms with Crippen molar-refractivity contribution in [1.82, 2.24) is 10.6 Å². The molecule has 5 nitrogen and oxygen atoms in total. The van der Waals surface area contributed by atoms with Crippen LogP contribution in [0.2, 0.25) is 0 Å². The predicted molar refractivity (Wildman–Crippen MR) is 63.8 cm³/mol. The van der Waals surface area contributed by atoms with Crippen molar-refractivity contribution < 1.29 is 9.59 Å². The molecule has 0 aromatic carbocycles. The summed E-state index contributed by atoms with van der Waals surface area (Å²) in [7, 11) is 0. The summed E-state index contributed by atoms with van der Waals surface area (Å²) in [5.41, 5.74) is 5.06. The molecular formula is C11H23N3O2. The smallest absolute Gasteiger partial charge is 0.239 e. The fourth-order valence-electron chi connectivity index (χ4n) is 1.39. The van der Waals surface area contributed by atoms with E-state index in [4.69, 9.17) is 5.73 Å². The Labute approximate surface area is 97.2 Å². The lowest BCUT2D eigenvalue weighted by atomic mass is 9.96. The Morgan fingerprint density at radius 3 is 2.31 bits per heavy atom. The molecular weight excluding hydrogens is 206 g/mol. The minimum atomic E-state index is -0.789. The van der Waals surface area contributed by atoms with E-state index >= 15 is 0 Å². The van der Waals surface area contributed by atoms with E-state index < -0.39 is 5.54 Å². The van der Waals surface area contributed by atoms with E-state index in [0.29, 0.717) is 25.9 Å². The highest BCUT2D eigenvalue weighted by atomic mass is 16.2. The van der Waals surface area contributed by atoms with Crippen LogP contribution in [0.4, 0.5) is 0 Å². The fourth-order valence-corrected chi connectivity index (χ4v) is 1.39. The summed E-state index contributed by atoms with van der Waals surface area (Å²) in [6, 6.07) is 0. The lowest BCUT2D eigenvalue weighted by molar-refractivity contribution is -0.126. The molecule has 16 heavy (non-hydrogen) atoms. The van der Waals surface area contributed by atoms with Gasteiger partial charge in [0, 0.05) is 20.0 Å². The van der Waals surface area contributed by atoms with Gasteiger partial charge in [0.1, 0.15) is 0 Å². The quantitative estimate of drug-likeness (QED) is 0.543. The van der Waals surface area contributed by atoms with Crippen molar-refractivity contribution in [2.45, 2.75) is 45.6 Å². The normalized spacial score (nSPS) is 14.0. The molecule has 1 atom stereocenters. The highest BCUT2D eigenvalue weighted by Crippen LogP contribution is 2.07. The molecule has 5 heteroatoms. The zero-order valence-electron chi connectivity index (χ0n) is 10.4. The number of rotatable bonds is 7. The summed E-state index contributed by atoms with van der Waals surface area (Å²) in [5, 5.41) is 5.43. The monoisotopic (exact) mass is 229 g/mol. The SMILES string of the molecule is CCCC(C)(N)C(=O)NCCCNC(C)=O. The van der Waals surface area contributed by atoms with E-state index in [1.54, 1.807) is 6.92 Å². The van der Waals surface area contributed by atoms with Gasteiger partial charge in [-0.2, -0.15) is 0 Å². The lowest BCUT2D eigenvalue weighted by Gasteiger charge is -2.22. The Bertz CT molecular complexity index is 239.